The molecule has 1 aliphatic carbocycles. The van der Waals surface area contributed by atoms with Gasteiger partial charge in [0, 0.05) is 12.3 Å². The number of unbranched alkanes of at least 4 members (excludes halogenated alkanes) is 1. The predicted molar refractivity (Wildman–Crippen MR) is 106 cm³/mol. The molecule has 5 atom stereocenters. The van der Waals surface area contributed by atoms with Crippen molar-refractivity contribution in [2.75, 3.05) is 0 Å². The Morgan fingerprint density at radius 1 is 1.25 bits per heavy atom. The van der Waals surface area contributed by atoms with E-state index in [-0.39, 0.29) is 30.6 Å². The zero-order valence-electron chi connectivity index (χ0n) is 17.5. The molecule has 0 radical (unpaired) electrons. The van der Waals surface area contributed by atoms with Crippen LogP contribution >= 0.6 is 0 Å². The number of hydrogen-bond acceptors (Lipinski definition) is 3. The minimum absolute atomic E-state index is 0.0744. The molecular formula is C22H38F2O4. The number of allylic oxidation sites excluding steroid dienone is 2. The van der Waals surface area contributed by atoms with Gasteiger partial charge in [0.05, 0.1) is 6.10 Å². The van der Waals surface area contributed by atoms with E-state index < -0.39 is 30.0 Å². The maximum atomic E-state index is 15.1. The number of hydrogen-bond donors (Lipinski definition) is 3. The topological polar surface area (TPSA) is 77.8 Å². The second-order valence-corrected chi connectivity index (χ2v) is 8.68. The summed E-state index contributed by atoms with van der Waals surface area (Å²) in [5.74, 6) is -5.45. The third-order valence-electron chi connectivity index (χ3n) is 5.92. The Hall–Kier alpha value is -1.01. The van der Waals surface area contributed by atoms with E-state index in [4.69, 9.17) is 5.11 Å². The molecule has 28 heavy (non-hydrogen) atoms. The van der Waals surface area contributed by atoms with Gasteiger partial charge in [0.2, 0.25) is 0 Å². The molecule has 0 aliphatic heterocycles. The molecule has 0 aromatic heterocycles. The molecule has 0 bridgehead atoms. The fourth-order valence-electron chi connectivity index (χ4n) is 4.49. The molecule has 0 aromatic carbocycles. The Kier molecular flexibility index (Phi) is 10.6. The van der Waals surface area contributed by atoms with Gasteiger partial charge in [-0.05, 0) is 62.7 Å². The summed E-state index contributed by atoms with van der Waals surface area (Å²) in [5, 5.41) is 29.2. The lowest BCUT2D eigenvalue weighted by Crippen LogP contribution is -2.46. The minimum Gasteiger partial charge on any atom is -0.481 e. The maximum Gasteiger partial charge on any atom is 0.303 e. The Morgan fingerprint density at radius 2 is 1.93 bits per heavy atom. The van der Waals surface area contributed by atoms with Gasteiger partial charge in [-0.1, -0.05) is 39.3 Å². The highest BCUT2D eigenvalue weighted by molar-refractivity contribution is 5.66. The van der Waals surface area contributed by atoms with Gasteiger partial charge in [0.25, 0.3) is 5.92 Å². The number of aliphatic carboxylic acids is 1. The third kappa shape index (κ3) is 7.43. The van der Waals surface area contributed by atoms with Gasteiger partial charge in [-0.2, -0.15) is 0 Å². The van der Waals surface area contributed by atoms with Crippen LogP contribution in [0, 0.1) is 23.7 Å². The van der Waals surface area contributed by atoms with Crippen LogP contribution in [-0.4, -0.2) is 39.4 Å². The Labute approximate surface area is 168 Å². The summed E-state index contributed by atoms with van der Waals surface area (Å²) in [7, 11) is 0. The number of aliphatic hydroxyl groups is 2. The van der Waals surface area contributed by atoms with Gasteiger partial charge in [0.15, 0.2) is 0 Å². The first kappa shape index (κ1) is 25.0. The second kappa shape index (κ2) is 11.9. The van der Waals surface area contributed by atoms with Crippen molar-refractivity contribution in [3.63, 3.8) is 0 Å². The lowest BCUT2D eigenvalue weighted by atomic mass is 9.73. The fourth-order valence-corrected chi connectivity index (χ4v) is 4.49. The van der Waals surface area contributed by atoms with E-state index in [1.165, 1.54) is 0 Å². The van der Waals surface area contributed by atoms with Crippen LogP contribution in [0.1, 0.15) is 78.6 Å². The summed E-state index contributed by atoms with van der Waals surface area (Å²) in [6.45, 7) is 5.62. The summed E-state index contributed by atoms with van der Waals surface area (Å²) in [6, 6.07) is 0. The molecule has 3 N–H and O–H groups in total. The Balaban J connectivity index is 2.86. The first-order valence-corrected chi connectivity index (χ1v) is 10.7. The van der Waals surface area contributed by atoms with E-state index in [0.717, 1.165) is 0 Å². The first-order valence-electron chi connectivity index (χ1n) is 10.7. The Bertz CT molecular complexity index is 493. The molecule has 0 spiro atoms. The van der Waals surface area contributed by atoms with Crippen LogP contribution in [0.25, 0.3) is 0 Å². The van der Waals surface area contributed by atoms with Crippen LogP contribution in [0.15, 0.2) is 12.2 Å². The van der Waals surface area contributed by atoms with E-state index in [9.17, 15) is 15.0 Å². The number of carboxylic acid groups (broad SMARTS) is 1. The molecule has 1 rings (SSSR count). The molecule has 0 aromatic rings. The monoisotopic (exact) mass is 404 g/mol. The smallest absolute Gasteiger partial charge is 0.303 e. The van der Waals surface area contributed by atoms with Gasteiger partial charge >= 0.3 is 5.97 Å². The van der Waals surface area contributed by atoms with Gasteiger partial charge in [-0.25, -0.2) is 8.78 Å². The van der Waals surface area contributed by atoms with Crippen LogP contribution < -0.4 is 0 Å². The van der Waals surface area contributed by atoms with Crippen LogP contribution in [0.3, 0.4) is 0 Å². The van der Waals surface area contributed by atoms with Crippen LogP contribution in [0.2, 0.25) is 0 Å². The highest BCUT2D eigenvalue weighted by Gasteiger charge is 2.53. The van der Waals surface area contributed by atoms with Crippen LogP contribution in [0.5, 0.6) is 0 Å². The molecule has 6 heteroatoms. The van der Waals surface area contributed by atoms with Crippen molar-refractivity contribution in [3.05, 3.63) is 12.2 Å². The average Bonchev–Trinajstić information content (AvgIpc) is 2.96. The standard InChI is InChI=1S/C22H38F2O4/c1-4-9-20(26)22(23,24)18(14-15(2)3)16-12-13-19(25)17(16)10-7-5-6-8-11-21(27)28/h5,7,15-20,25-26H,4,6,8-14H2,1-3H3,(H,27,28)/b7-5-/t16-,17-,18?,19+,20?/m1/s1. The first-order chi connectivity index (χ1) is 13.1. The summed E-state index contributed by atoms with van der Waals surface area (Å²) >= 11 is 0. The van der Waals surface area contributed by atoms with E-state index in [0.29, 0.717) is 44.9 Å². The quantitative estimate of drug-likeness (QED) is 0.297. The molecule has 4 nitrogen and oxygen atoms in total. The number of alkyl halides is 2. The summed E-state index contributed by atoms with van der Waals surface area (Å²) in [6.07, 6.45) is 5.25. The van der Waals surface area contributed by atoms with Crippen LogP contribution in [0.4, 0.5) is 8.78 Å². The molecule has 2 unspecified atom stereocenters. The van der Waals surface area contributed by atoms with Crippen molar-refractivity contribution in [2.45, 2.75) is 96.7 Å². The molecule has 0 amide bonds. The maximum absolute atomic E-state index is 15.1. The van der Waals surface area contributed by atoms with Crippen molar-refractivity contribution < 1.29 is 28.9 Å². The SMILES string of the molecule is CCCC(O)C(F)(F)C(CC(C)C)[C@@H]1CC[C@H](O)[C@@H]1C/C=C\CCCC(=O)O. The molecule has 1 aliphatic rings. The van der Waals surface area contributed by atoms with Gasteiger partial charge in [-0.15, -0.1) is 0 Å². The molecule has 0 heterocycles. The molecule has 0 saturated heterocycles. The number of rotatable bonds is 13. The van der Waals surface area contributed by atoms with Gasteiger partial charge in [0.1, 0.15) is 6.10 Å². The largest absolute Gasteiger partial charge is 0.481 e. The van der Waals surface area contributed by atoms with E-state index in [1.807, 2.05) is 26.0 Å². The molecule has 164 valence electrons. The van der Waals surface area contributed by atoms with Crippen molar-refractivity contribution in [3.8, 4) is 0 Å². The molecule has 1 saturated carbocycles. The molecular weight excluding hydrogens is 366 g/mol. The molecule has 1 fully saturated rings. The lowest BCUT2D eigenvalue weighted by molar-refractivity contribution is -0.172. The summed E-state index contributed by atoms with van der Waals surface area (Å²) in [5.41, 5.74) is 0. The van der Waals surface area contributed by atoms with E-state index >= 15 is 8.78 Å². The second-order valence-electron chi connectivity index (χ2n) is 8.68. The summed E-state index contributed by atoms with van der Waals surface area (Å²) in [4.78, 5) is 10.5. The van der Waals surface area contributed by atoms with E-state index in [1.54, 1.807) is 6.92 Å². The minimum atomic E-state index is -3.17. The predicted octanol–water partition coefficient (Wildman–Crippen LogP) is 5.03. The lowest BCUT2D eigenvalue weighted by Gasteiger charge is -2.38. The Morgan fingerprint density at radius 3 is 2.50 bits per heavy atom. The third-order valence-corrected chi connectivity index (χ3v) is 5.92. The number of halogens is 2. The highest BCUT2D eigenvalue weighted by Crippen LogP contribution is 2.49. The van der Waals surface area contributed by atoms with Crippen molar-refractivity contribution >= 4 is 5.97 Å². The van der Waals surface area contributed by atoms with E-state index in [2.05, 4.69) is 0 Å². The van der Waals surface area contributed by atoms with Gasteiger partial charge < -0.3 is 15.3 Å². The number of aliphatic hydroxyl groups excluding tert-OH is 2. The normalized spacial score (nSPS) is 25.5. The van der Waals surface area contributed by atoms with Crippen molar-refractivity contribution in [1.82, 2.24) is 0 Å². The highest BCUT2D eigenvalue weighted by atomic mass is 19.3. The van der Waals surface area contributed by atoms with Crippen molar-refractivity contribution in [1.29, 1.82) is 0 Å². The summed E-state index contributed by atoms with van der Waals surface area (Å²) < 4.78 is 30.3. The number of carbonyl (C=O) groups is 1. The zero-order valence-corrected chi connectivity index (χ0v) is 17.5. The van der Waals surface area contributed by atoms with Crippen molar-refractivity contribution in [2.24, 2.45) is 23.7 Å². The average molecular weight is 405 g/mol. The zero-order chi connectivity index (χ0) is 21.3. The number of carboxylic acids is 1. The fraction of sp³-hybridized carbons (Fsp3) is 0.864. The van der Waals surface area contributed by atoms with Gasteiger partial charge in [-0.3, -0.25) is 4.79 Å². The van der Waals surface area contributed by atoms with Crippen LogP contribution in [-0.2, 0) is 4.79 Å².